The highest BCUT2D eigenvalue weighted by atomic mass is 32.2. The monoisotopic (exact) mass is 384 g/mol. The summed E-state index contributed by atoms with van der Waals surface area (Å²) in [7, 11) is -3.91. The first kappa shape index (κ1) is 20.9. The van der Waals surface area contributed by atoms with Gasteiger partial charge in [-0.2, -0.15) is 8.42 Å². The van der Waals surface area contributed by atoms with Crippen LogP contribution >= 0.6 is 0 Å². The molecule has 0 bridgehead atoms. The highest BCUT2D eigenvalue weighted by Crippen LogP contribution is 2.31. The van der Waals surface area contributed by atoms with Gasteiger partial charge in [0.2, 0.25) is 0 Å². The Morgan fingerprint density at radius 2 is 1.88 bits per heavy atom. The van der Waals surface area contributed by atoms with E-state index < -0.39 is 16.2 Å². The molecule has 6 nitrogen and oxygen atoms in total. The quantitative estimate of drug-likeness (QED) is 0.358. The van der Waals surface area contributed by atoms with Crippen LogP contribution in [0.15, 0.2) is 29.2 Å². The van der Waals surface area contributed by atoms with Crippen molar-refractivity contribution in [2.75, 3.05) is 6.61 Å². The number of hydrogen-bond acceptors (Lipinski definition) is 6. The third-order valence-corrected chi connectivity index (χ3v) is 5.91. The molecule has 1 aromatic rings. The second-order valence-corrected chi connectivity index (χ2v) is 8.49. The number of hydrogen-bond donors (Lipinski definition) is 1. The van der Waals surface area contributed by atoms with Crippen LogP contribution < -0.4 is 0 Å². The first-order valence-electron chi connectivity index (χ1n) is 9.18. The topological polar surface area (TPSA) is 89.9 Å². The number of aryl methyl sites for hydroxylation is 1. The molecule has 1 fully saturated rings. The van der Waals surface area contributed by atoms with Gasteiger partial charge in [0.25, 0.3) is 10.1 Å². The van der Waals surface area contributed by atoms with Gasteiger partial charge >= 0.3 is 5.97 Å². The molecule has 1 N–H and O–H groups in total. The van der Waals surface area contributed by atoms with E-state index in [0.717, 1.165) is 37.7 Å². The summed E-state index contributed by atoms with van der Waals surface area (Å²) in [5, 5.41) is 10.1. The van der Waals surface area contributed by atoms with E-state index in [1.807, 2.05) is 6.92 Å². The number of unbranched alkanes of at least 4 members (excludes halogenated alkanes) is 3. The van der Waals surface area contributed by atoms with Crippen molar-refractivity contribution in [3.05, 3.63) is 29.8 Å². The predicted octanol–water partition coefficient (Wildman–Crippen LogP) is 2.96. The summed E-state index contributed by atoms with van der Waals surface area (Å²) >= 11 is 0. The van der Waals surface area contributed by atoms with E-state index in [1.54, 1.807) is 12.1 Å². The van der Waals surface area contributed by atoms with E-state index in [1.165, 1.54) is 12.1 Å². The molecule has 0 radical (unpaired) electrons. The standard InChI is InChI=1S/C19H28O6S/c1-3-4-5-6-7-17-18(25-19(17)21)12-15(20)13-24-26(22,23)16-10-8-14(2)9-11-16/h8-11,15,17-18,20H,3-7,12-13H2,1-2H3/t15?,17-,18-/m0/s1. The summed E-state index contributed by atoms with van der Waals surface area (Å²) in [6.07, 6.45) is 3.87. The molecule has 3 atom stereocenters. The molecular formula is C19H28O6S. The molecule has 1 saturated heterocycles. The summed E-state index contributed by atoms with van der Waals surface area (Å²) in [5.41, 5.74) is 0.945. The average Bonchev–Trinajstić information content (AvgIpc) is 2.60. The zero-order valence-electron chi connectivity index (χ0n) is 15.4. The number of carbonyl (C=O) groups excluding carboxylic acids is 1. The molecule has 26 heavy (non-hydrogen) atoms. The molecular weight excluding hydrogens is 356 g/mol. The summed E-state index contributed by atoms with van der Waals surface area (Å²) in [6.45, 7) is 3.63. The third kappa shape index (κ3) is 5.79. The first-order chi connectivity index (χ1) is 12.3. The zero-order chi connectivity index (χ0) is 19.2. The van der Waals surface area contributed by atoms with Crippen LogP contribution in [0, 0.1) is 12.8 Å². The molecule has 7 heteroatoms. The maximum atomic E-state index is 12.1. The molecule has 1 unspecified atom stereocenters. The molecule has 0 amide bonds. The van der Waals surface area contributed by atoms with Gasteiger partial charge in [0, 0.05) is 6.42 Å². The normalized spacial score (nSPS) is 21.1. The predicted molar refractivity (Wildman–Crippen MR) is 97.1 cm³/mol. The summed E-state index contributed by atoms with van der Waals surface area (Å²) in [6, 6.07) is 6.31. The van der Waals surface area contributed by atoms with Gasteiger partial charge in [0.15, 0.2) is 0 Å². The fourth-order valence-electron chi connectivity index (χ4n) is 2.98. The van der Waals surface area contributed by atoms with Crippen molar-refractivity contribution in [2.45, 2.75) is 69.5 Å². The van der Waals surface area contributed by atoms with Crippen molar-refractivity contribution in [1.29, 1.82) is 0 Å². The largest absolute Gasteiger partial charge is 0.461 e. The minimum Gasteiger partial charge on any atom is -0.461 e. The lowest BCUT2D eigenvalue weighted by Crippen LogP contribution is -2.47. The van der Waals surface area contributed by atoms with Crippen molar-refractivity contribution < 1.29 is 27.2 Å². The Morgan fingerprint density at radius 3 is 2.50 bits per heavy atom. The van der Waals surface area contributed by atoms with Crippen molar-refractivity contribution in [1.82, 2.24) is 0 Å². The lowest BCUT2D eigenvalue weighted by Gasteiger charge is -2.36. The van der Waals surface area contributed by atoms with Gasteiger partial charge in [0.1, 0.15) is 6.10 Å². The van der Waals surface area contributed by atoms with Crippen LogP contribution in [0.1, 0.15) is 51.0 Å². The summed E-state index contributed by atoms with van der Waals surface area (Å²) < 4.78 is 34.3. The van der Waals surface area contributed by atoms with E-state index in [4.69, 9.17) is 8.92 Å². The van der Waals surface area contributed by atoms with Crippen LogP contribution in [0.3, 0.4) is 0 Å². The van der Waals surface area contributed by atoms with Gasteiger partial charge < -0.3 is 9.84 Å². The number of cyclic esters (lactones) is 1. The second-order valence-electron chi connectivity index (χ2n) is 6.87. The number of ether oxygens (including phenoxy) is 1. The van der Waals surface area contributed by atoms with Crippen LogP contribution in [0.25, 0.3) is 0 Å². The summed E-state index contributed by atoms with van der Waals surface area (Å²) in [4.78, 5) is 11.6. The molecule has 0 aromatic heterocycles. The number of aliphatic hydroxyl groups is 1. The Balaban J connectivity index is 1.78. The van der Waals surface area contributed by atoms with E-state index >= 15 is 0 Å². The van der Waals surface area contributed by atoms with Crippen LogP contribution in [0.2, 0.25) is 0 Å². The fraction of sp³-hybridized carbons (Fsp3) is 0.632. The Kier molecular flexibility index (Phi) is 7.61. The number of rotatable bonds is 11. The third-order valence-electron chi connectivity index (χ3n) is 4.62. The van der Waals surface area contributed by atoms with Gasteiger partial charge in [0.05, 0.1) is 23.5 Å². The lowest BCUT2D eigenvalue weighted by atomic mass is 9.87. The van der Waals surface area contributed by atoms with Gasteiger partial charge in [-0.25, -0.2) is 0 Å². The van der Waals surface area contributed by atoms with Crippen LogP contribution in [0.5, 0.6) is 0 Å². The molecule has 0 spiro atoms. The molecule has 0 saturated carbocycles. The van der Waals surface area contributed by atoms with Crippen molar-refractivity contribution >= 4 is 16.1 Å². The Hall–Kier alpha value is -1.44. The van der Waals surface area contributed by atoms with Crippen molar-refractivity contribution in [3.8, 4) is 0 Å². The Morgan fingerprint density at radius 1 is 1.19 bits per heavy atom. The lowest BCUT2D eigenvalue weighted by molar-refractivity contribution is -0.189. The number of benzene rings is 1. The van der Waals surface area contributed by atoms with Gasteiger partial charge in [-0.15, -0.1) is 0 Å². The Bertz CT molecular complexity index is 682. The SMILES string of the molecule is CCCCCC[C@@H]1C(=O)O[C@H]1CC(O)COS(=O)(=O)c1ccc(C)cc1. The molecule has 146 valence electrons. The van der Waals surface area contributed by atoms with E-state index in [0.29, 0.717) is 0 Å². The molecule has 1 aliphatic rings. The van der Waals surface area contributed by atoms with E-state index in [-0.39, 0.29) is 35.9 Å². The molecule has 1 aliphatic heterocycles. The minimum absolute atomic E-state index is 0.0548. The number of carbonyl (C=O) groups is 1. The first-order valence-corrected chi connectivity index (χ1v) is 10.6. The second kappa shape index (κ2) is 9.48. The van der Waals surface area contributed by atoms with Crippen LogP contribution in [-0.2, 0) is 23.8 Å². The maximum Gasteiger partial charge on any atom is 0.313 e. The van der Waals surface area contributed by atoms with Crippen LogP contribution in [-0.4, -0.2) is 38.3 Å². The van der Waals surface area contributed by atoms with Crippen LogP contribution in [0.4, 0.5) is 0 Å². The average molecular weight is 384 g/mol. The fourth-order valence-corrected chi connectivity index (χ4v) is 3.92. The van der Waals surface area contributed by atoms with Gasteiger partial charge in [-0.05, 0) is 25.5 Å². The van der Waals surface area contributed by atoms with E-state index in [2.05, 4.69) is 6.92 Å². The smallest absolute Gasteiger partial charge is 0.313 e. The van der Waals surface area contributed by atoms with Gasteiger partial charge in [-0.1, -0.05) is 50.3 Å². The van der Waals surface area contributed by atoms with Crippen molar-refractivity contribution in [2.24, 2.45) is 5.92 Å². The molecule has 1 aromatic carbocycles. The van der Waals surface area contributed by atoms with Crippen molar-refractivity contribution in [3.63, 3.8) is 0 Å². The maximum absolute atomic E-state index is 12.1. The molecule has 2 rings (SSSR count). The van der Waals surface area contributed by atoms with E-state index in [9.17, 15) is 18.3 Å². The molecule has 0 aliphatic carbocycles. The number of esters is 1. The Labute approximate surface area is 155 Å². The number of aliphatic hydroxyl groups excluding tert-OH is 1. The zero-order valence-corrected chi connectivity index (χ0v) is 16.2. The minimum atomic E-state index is -3.91. The molecule has 1 heterocycles. The highest BCUT2D eigenvalue weighted by Gasteiger charge is 2.42. The van der Waals surface area contributed by atoms with Gasteiger partial charge in [-0.3, -0.25) is 8.98 Å². The highest BCUT2D eigenvalue weighted by molar-refractivity contribution is 7.86. The summed E-state index contributed by atoms with van der Waals surface area (Å²) in [5.74, 6) is -0.429.